The maximum Gasteiger partial charge on any atom is 0.246 e. The van der Waals surface area contributed by atoms with Crippen LogP contribution < -0.4 is 0 Å². The first-order valence-electron chi connectivity index (χ1n) is 7.04. The molecule has 3 heterocycles. The molecule has 0 amide bonds. The van der Waals surface area contributed by atoms with Crippen LogP contribution in [0.5, 0.6) is 0 Å². The van der Waals surface area contributed by atoms with Gasteiger partial charge in [-0.1, -0.05) is 11.6 Å². The molecule has 1 unspecified atom stereocenters. The molecule has 116 valence electrons. The molecule has 1 aromatic rings. The summed E-state index contributed by atoms with van der Waals surface area (Å²) in [5, 5.41) is 0.0304. The van der Waals surface area contributed by atoms with E-state index in [4.69, 9.17) is 11.6 Å². The van der Waals surface area contributed by atoms with Gasteiger partial charge in [-0.2, -0.15) is 4.31 Å². The Labute approximate surface area is 138 Å². The lowest BCUT2D eigenvalue weighted by Gasteiger charge is -2.23. The molecule has 21 heavy (non-hydrogen) atoms. The summed E-state index contributed by atoms with van der Waals surface area (Å²) in [6, 6.07) is 1.86. The van der Waals surface area contributed by atoms with E-state index in [2.05, 4.69) is 25.8 Å². The average Bonchev–Trinajstić information content (AvgIpc) is 3.11. The lowest BCUT2D eigenvalue weighted by molar-refractivity contribution is 0.251. The monoisotopic (exact) mass is 393 g/mol. The maximum absolute atomic E-state index is 12.7. The number of aromatic nitrogens is 1. The topological polar surface area (TPSA) is 53.5 Å². The Morgan fingerprint density at radius 3 is 2.71 bits per heavy atom. The molecular weight excluding hydrogens is 378 g/mol. The molecule has 1 aromatic heterocycles. The van der Waals surface area contributed by atoms with Crippen LogP contribution in [0.25, 0.3) is 0 Å². The molecule has 0 N–H and O–H groups in total. The minimum atomic E-state index is -3.57. The fourth-order valence-electron chi connectivity index (χ4n) is 3.06. The fourth-order valence-corrected chi connectivity index (χ4v) is 5.47. The van der Waals surface area contributed by atoms with Gasteiger partial charge < -0.3 is 0 Å². The zero-order valence-electron chi connectivity index (χ0n) is 11.5. The fraction of sp³-hybridized carbons (Fsp3) is 0.615. The Morgan fingerprint density at radius 2 is 2.00 bits per heavy atom. The van der Waals surface area contributed by atoms with Crippen molar-refractivity contribution in [2.24, 2.45) is 0 Å². The Kier molecular flexibility index (Phi) is 4.57. The standard InChI is InChI=1S/C13H17BrClN3O2S/c14-10-7-12(13(15)16-8-10)21(19,20)18-6-3-11(9-18)17-4-1-2-5-17/h7-8,11H,1-6,9H2. The Balaban J connectivity index is 1.81. The second-order valence-electron chi connectivity index (χ2n) is 5.49. The van der Waals surface area contributed by atoms with Gasteiger partial charge in [0.2, 0.25) is 10.0 Å². The van der Waals surface area contributed by atoms with Gasteiger partial charge in [0.05, 0.1) is 0 Å². The minimum Gasteiger partial charge on any atom is -0.299 e. The molecule has 2 saturated heterocycles. The molecule has 3 rings (SSSR count). The van der Waals surface area contributed by atoms with Crippen molar-refractivity contribution in [2.75, 3.05) is 26.2 Å². The highest BCUT2D eigenvalue weighted by atomic mass is 79.9. The third-order valence-corrected chi connectivity index (χ3v) is 6.90. The van der Waals surface area contributed by atoms with Crippen LogP contribution in [-0.2, 0) is 10.0 Å². The zero-order chi connectivity index (χ0) is 15.0. The molecule has 2 aliphatic rings. The average molecular weight is 395 g/mol. The van der Waals surface area contributed by atoms with Crippen LogP contribution >= 0.6 is 27.5 Å². The van der Waals surface area contributed by atoms with E-state index in [1.165, 1.54) is 29.4 Å². The molecule has 0 aromatic carbocycles. The number of rotatable bonds is 3. The lowest BCUT2D eigenvalue weighted by Crippen LogP contribution is -2.37. The highest BCUT2D eigenvalue weighted by Gasteiger charge is 2.37. The number of pyridine rings is 1. The van der Waals surface area contributed by atoms with Crippen LogP contribution in [-0.4, -0.2) is 54.8 Å². The van der Waals surface area contributed by atoms with E-state index < -0.39 is 10.0 Å². The molecule has 5 nitrogen and oxygen atoms in total. The molecule has 0 aliphatic carbocycles. The van der Waals surface area contributed by atoms with Crippen molar-refractivity contribution in [2.45, 2.75) is 30.2 Å². The summed E-state index contributed by atoms with van der Waals surface area (Å²) in [5.74, 6) is 0. The van der Waals surface area contributed by atoms with Gasteiger partial charge >= 0.3 is 0 Å². The quantitative estimate of drug-likeness (QED) is 0.739. The summed E-state index contributed by atoms with van der Waals surface area (Å²) in [7, 11) is -3.57. The Morgan fingerprint density at radius 1 is 1.29 bits per heavy atom. The molecule has 0 spiro atoms. The van der Waals surface area contributed by atoms with E-state index in [-0.39, 0.29) is 10.0 Å². The number of nitrogens with zero attached hydrogens (tertiary/aromatic N) is 3. The molecular formula is C13H17BrClN3O2S. The molecule has 0 saturated carbocycles. The van der Waals surface area contributed by atoms with E-state index in [9.17, 15) is 8.42 Å². The van der Waals surface area contributed by atoms with Crippen molar-refractivity contribution in [3.63, 3.8) is 0 Å². The first kappa shape index (κ1) is 15.7. The van der Waals surface area contributed by atoms with Gasteiger partial charge in [-0.05, 0) is 54.3 Å². The number of hydrogen-bond acceptors (Lipinski definition) is 4. The maximum atomic E-state index is 12.7. The normalized spacial score (nSPS) is 24.8. The first-order chi connectivity index (χ1) is 9.98. The molecule has 0 bridgehead atoms. The van der Waals surface area contributed by atoms with Crippen LogP contribution in [0.3, 0.4) is 0 Å². The van der Waals surface area contributed by atoms with Crippen LogP contribution in [0.1, 0.15) is 19.3 Å². The van der Waals surface area contributed by atoms with Crippen molar-refractivity contribution in [1.82, 2.24) is 14.2 Å². The summed E-state index contributed by atoms with van der Waals surface area (Å²) in [6.07, 6.45) is 4.81. The van der Waals surface area contributed by atoms with Crippen molar-refractivity contribution in [3.05, 3.63) is 21.9 Å². The summed E-state index contributed by atoms with van der Waals surface area (Å²) in [4.78, 5) is 6.40. The first-order valence-corrected chi connectivity index (χ1v) is 9.65. The van der Waals surface area contributed by atoms with Gasteiger partial charge in [0.1, 0.15) is 10.0 Å². The van der Waals surface area contributed by atoms with E-state index in [0.717, 1.165) is 19.5 Å². The predicted molar refractivity (Wildman–Crippen MR) is 84.9 cm³/mol. The molecule has 2 fully saturated rings. The molecule has 1 atom stereocenters. The van der Waals surface area contributed by atoms with E-state index >= 15 is 0 Å². The summed E-state index contributed by atoms with van der Waals surface area (Å²) in [5.41, 5.74) is 0. The Bertz CT molecular complexity index is 634. The summed E-state index contributed by atoms with van der Waals surface area (Å²) >= 11 is 9.23. The van der Waals surface area contributed by atoms with Gasteiger partial charge in [0, 0.05) is 29.8 Å². The van der Waals surface area contributed by atoms with Crippen LogP contribution in [0.4, 0.5) is 0 Å². The second kappa shape index (κ2) is 6.12. The molecule has 8 heteroatoms. The van der Waals surface area contributed by atoms with Crippen LogP contribution in [0.2, 0.25) is 5.15 Å². The SMILES string of the molecule is O=S(=O)(c1cc(Br)cnc1Cl)N1CCC(N2CCCC2)C1. The minimum absolute atomic E-state index is 0.0304. The van der Waals surface area contributed by atoms with E-state index in [1.807, 2.05) is 0 Å². The molecule has 0 radical (unpaired) electrons. The molecule has 2 aliphatic heterocycles. The second-order valence-corrected chi connectivity index (χ2v) is 8.67. The predicted octanol–water partition coefficient (Wildman–Crippen LogP) is 2.36. The van der Waals surface area contributed by atoms with Crippen molar-refractivity contribution < 1.29 is 8.42 Å². The van der Waals surface area contributed by atoms with Crippen molar-refractivity contribution in [3.8, 4) is 0 Å². The lowest BCUT2D eigenvalue weighted by atomic mass is 10.2. The Hall–Kier alpha value is -0.210. The number of hydrogen-bond donors (Lipinski definition) is 0. The highest BCUT2D eigenvalue weighted by molar-refractivity contribution is 9.10. The van der Waals surface area contributed by atoms with Gasteiger partial charge in [-0.25, -0.2) is 13.4 Å². The van der Waals surface area contributed by atoms with Gasteiger partial charge in [-0.15, -0.1) is 0 Å². The number of halogens is 2. The van der Waals surface area contributed by atoms with E-state index in [0.29, 0.717) is 23.6 Å². The third-order valence-electron chi connectivity index (χ3n) is 4.17. The van der Waals surface area contributed by atoms with Crippen molar-refractivity contribution >= 4 is 37.6 Å². The van der Waals surface area contributed by atoms with Gasteiger partial charge in [0.15, 0.2) is 0 Å². The van der Waals surface area contributed by atoms with Crippen LogP contribution in [0, 0.1) is 0 Å². The summed E-state index contributed by atoms with van der Waals surface area (Å²) < 4.78 is 27.6. The largest absolute Gasteiger partial charge is 0.299 e. The number of likely N-dealkylation sites (tertiary alicyclic amines) is 1. The highest BCUT2D eigenvalue weighted by Crippen LogP contribution is 2.29. The summed E-state index contributed by atoms with van der Waals surface area (Å²) in [6.45, 7) is 3.26. The van der Waals surface area contributed by atoms with Gasteiger partial charge in [-0.3, -0.25) is 4.90 Å². The zero-order valence-corrected chi connectivity index (χ0v) is 14.7. The number of sulfonamides is 1. The van der Waals surface area contributed by atoms with Crippen molar-refractivity contribution in [1.29, 1.82) is 0 Å². The van der Waals surface area contributed by atoms with Crippen LogP contribution in [0.15, 0.2) is 21.6 Å². The third kappa shape index (κ3) is 3.12. The van der Waals surface area contributed by atoms with Gasteiger partial charge in [0.25, 0.3) is 0 Å². The van der Waals surface area contributed by atoms with E-state index in [1.54, 1.807) is 0 Å². The smallest absolute Gasteiger partial charge is 0.246 e.